The van der Waals surface area contributed by atoms with Gasteiger partial charge >= 0.3 is 12.1 Å². The number of aryl methyl sites for hydroxylation is 2. The highest BCUT2D eigenvalue weighted by molar-refractivity contribution is 5.74. The summed E-state index contributed by atoms with van der Waals surface area (Å²) < 4.78 is 6.98. The average molecular weight is 365 g/mol. The number of nitrogens with one attached hydrogen (secondary N) is 2. The summed E-state index contributed by atoms with van der Waals surface area (Å²) in [6.07, 6.45) is 1.22. The maximum absolute atomic E-state index is 12.1. The van der Waals surface area contributed by atoms with Crippen molar-refractivity contribution >= 4 is 12.1 Å². The van der Waals surface area contributed by atoms with Crippen molar-refractivity contribution in [1.29, 1.82) is 0 Å². The van der Waals surface area contributed by atoms with Gasteiger partial charge < -0.3 is 20.3 Å². The van der Waals surface area contributed by atoms with Crippen LogP contribution in [0.25, 0.3) is 0 Å². The second-order valence-corrected chi connectivity index (χ2v) is 7.03. The molecule has 3 amide bonds. The summed E-state index contributed by atoms with van der Waals surface area (Å²) in [6, 6.07) is 1.99. The van der Waals surface area contributed by atoms with Crippen LogP contribution in [0.1, 0.15) is 38.1 Å². The maximum atomic E-state index is 12.1. The molecule has 26 heavy (non-hydrogen) atoms. The van der Waals surface area contributed by atoms with Crippen LogP contribution in [0.5, 0.6) is 0 Å². The van der Waals surface area contributed by atoms with E-state index in [2.05, 4.69) is 28.7 Å². The zero-order valence-electron chi connectivity index (χ0n) is 16.2. The highest BCUT2D eigenvalue weighted by atomic mass is 16.6. The molecule has 1 atom stereocenters. The van der Waals surface area contributed by atoms with E-state index in [1.165, 1.54) is 0 Å². The molecule has 1 fully saturated rings. The number of amides is 3. The lowest BCUT2D eigenvalue weighted by atomic mass is 10.1. The minimum atomic E-state index is -0.270. The molecular formula is C18H31N5O3. The van der Waals surface area contributed by atoms with Crippen LogP contribution in [-0.2, 0) is 11.3 Å². The van der Waals surface area contributed by atoms with Crippen molar-refractivity contribution in [3.63, 3.8) is 0 Å². The fourth-order valence-corrected chi connectivity index (χ4v) is 3.14. The van der Waals surface area contributed by atoms with Gasteiger partial charge in [-0.3, -0.25) is 4.68 Å². The van der Waals surface area contributed by atoms with Crippen LogP contribution in [0.2, 0.25) is 0 Å². The Morgan fingerprint density at radius 1 is 1.35 bits per heavy atom. The van der Waals surface area contributed by atoms with Crippen molar-refractivity contribution in [3.05, 3.63) is 17.5 Å². The number of hydrogen-bond donors (Lipinski definition) is 2. The molecule has 8 nitrogen and oxygen atoms in total. The van der Waals surface area contributed by atoms with Gasteiger partial charge in [0.1, 0.15) is 0 Å². The van der Waals surface area contributed by atoms with E-state index >= 15 is 0 Å². The van der Waals surface area contributed by atoms with Crippen LogP contribution >= 0.6 is 0 Å². The smallest absolute Gasteiger partial charge is 0.409 e. The van der Waals surface area contributed by atoms with Crippen LogP contribution in [0.4, 0.5) is 9.59 Å². The van der Waals surface area contributed by atoms with Crippen LogP contribution in [0, 0.1) is 19.8 Å². The molecule has 2 heterocycles. The second kappa shape index (κ2) is 9.45. The normalized spacial score (nSPS) is 16.2. The first-order chi connectivity index (χ1) is 12.4. The van der Waals surface area contributed by atoms with Gasteiger partial charge in [0.05, 0.1) is 12.3 Å². The van der Waals surface area contributed by atoms with Crippen LogP contribution in [0.3, 0.4) is 0 Å². The quantitative estimate of drug-likeness (QED) is 0.808. The number of nitrogens with zero attached hydrogens (tertiary/aromatic N) is 3. The van der Waals surface area contributed by atoms with Crippen LogP contribution < -0.4 is 10.6 Å². The van der Waals surface area contributed by atoms with Gasteiger partial charge in [-0.05, 0) is 45.6 Å². The van der Waals surface area contributed by atoms with E-state index in [-0.39, 0.29) is 24.1 Å². The second-order valence-electron chi connectivity index (χ2n) is 7.03. The van der Waals surface area contributed by atoms with Gasteiger partial charge in [-0.2, -0.15) is 5.10 Å². The number of likely N-dealkylation sites (tertiary alicyclic amines) is 1. The van der Waals surface area contributed by atoms with Gasteiger partial charge in [-0.15, -0.1) is 0 Å². The number of carbonyl (C=O) groups excluding carboxylic acids is 2. The molecule has 1 saturated heterocycles. The molecule has 2 rings (SSSR count). The van der Waals surface area contributed by atoms with E-state index in [0.717, 1.165) is 30.8 Å². The Morgan fingerprint density at radius 3 is 2.62 bits per heavy atom. The summed E-state index contributed by atoms with van der Waals surface area (Å²) in [6.45, 7) is 10.9. The number of piperidine rings is 1. The molecule has 146 valence electrons. The Hall–Kier alpha value is -2.25. The maximum Gasteiger partial charge on any atom is 0.409 e. The fraction of sp³-hybridized carbons (Fsp3) is 0.722. The highest BCUT2D eigenvalue weighted by Gasteiger charge is 2.24. The largest absolute Gasteiger partial charge is 0.450 e. The van der Waals surface area contributed by atoms with Crippen molar-refractivity contribution in [2.24, 2.45) is 5.92 Å². The molecule has 1 aliphatic heterocycles. The number of aromatic nitrogens is 2. The number of ether oxygens (including phenoxy) is 1. The summed E-state index contributed by atoms with van der Waals surface area (Å²) in [7, 11) is 0. The van der Waals surface area contributed by atoms with Crippen molar-refractivity contribution in [1.82, 2.24) is 25.3 Å². The molecule has 1 unspecified atom stereocenters. The van der Waals surface area contributed by atoms with Gasteiger partial charge in [0.15, 0.2) is 0 Å². The summed E-state index contributed by atoms with van der Waals surface area (Å²) >= 11 is 0. The lowest BCUT2D eigenvalue weighted by Crippen LogP contribution is -2.49. The van der Waals surface area contributed by atoms with Gasteiger partial charge in [0.25, 0.3) is 0 Å². The third kappa shape index (κ3) is 5.93. The number of rotatable bonds is 6. The zero-order valence-corrected chi connectivity index (χ0v) is 16.2. The van der Waals surface area contributed by atoms with E-state index in [1.807, 2.05) is 18.5 Å². The number of hydrogen-bond acceptors (Lipinski definition) is 4. The minimum absolute atomic E-state index is 0.0898. The summed E-state index contributed by atoms with van der Waals surface area (Å²) in [5, 5.41) is 10.4. The lowest BCUT2D eigenvalue weighted by molar-refractivity contribution is 0.0957. The molecular weight excluding hydrogens is 334 g/mol. The predicted molar refractivity (Wildman–Crippen MR) is 99.0 cm³/mol. The first-order valence-corrected chi connectivity index (χ1v) is 9.36. The molecule has 0 bridgehead atoms. The van der Waals surface area contributed by atoms with E-state index < -0.39 is 0 Å². The molecule has 0 saturated carbocycles. The Labute approximate surface area is 155 Å². The highest BCUT2D eigenvalue weighted by Crippen LogP contribution is 2.11. The van der Waals surface area contributed by atoms with Gasteiger partial charge in [0.2, 0.25) is 0 Å². The van der Waals surface area contributed by atoms with E-state index in [1.54, 1.807) is 11.8 Å². The molecule has 0 spiro atoms. The zero-order chi connectivity index (χ0) is 19.1. The molecule has 1 aromatic rings. The van der Waals surface area contributed by atoms with Crippen molar-refractivity contribution in [3.8, 4) is 0 Å². The Morgan fingerprint density at radius 2 is 2.04 bits per heavy atom. The first-order valence-electron chi connectivity index (χ1n) is 9.36. The molecule has 0 aromatic carbocycles. The Balaban J connectivity index is 1.66. The van der Waals surface area contributed by atoms with E-state index in [4.69, 9.17) is 4.74 Å². The lowest BCUT2D eigenvalue weighted by Gasteiger charge is -2.31. The van der Waals surface area contributed by atoms with Crippen LogP contribution in [0.15, 0.2) is 6.07 Å². The summed E-state index contributed by atoms with van der Waals surface area (Å²) in [4.78, 5) is 25.5. The molecule has 2 N–H and O–H groups in total. The van der Waals surface area contributed by atoms with Crippen molar-refractivity contribution in [2.75, 3.05) is 26.2 Å². The van der Waals surface area contributed by atoms with E-state index in [9.17, 15) is 9.59 Å². The standard InChI is InChI=1S/C18H31N5O3/c1-5-26-18(25)22-8-6-16(7-9-22)20-17(24)19-11-13(2)12-23-15(4)10-14(3)21-23/h10,13,16H,5-9,11-12H2,1-4H3,(H2,19,20,24). The third-order valence-electron chi connectivity index (χ3n) is 4.56. The predicted octanol–water partition coefficient (Wildman–Crippen LogP) is 2.06. The molecule has 0 aliphatic carbocycles. The molecule has 1 aromatic heterocycles. The Bertz CT molecular complexity index is 608. The topological polar surface area (TPSA) is 88.5 Å². The fourth-order valence-electron chi connectivity index (χ4n) is 3.14. The Kier molecular flexibility index (Phi) is 7.29. The summed E-state index contributed by atoms with van der Waals surface area (Å²) in [5.74, 6) is 0.282. The average Bonchev–Trinajstić information content (AvgIpc) is 2.91. The minimum Gasteiger partial charge on any atom is -0.450 e. The SMILES string of the molecule is CCOC(=O)N1CCC(NC(=O)NCC(C)Cn2nc(C)cc2C)CC1. The van der Waals surface area contributed by atoms with Gasteiger partial charge in [-0.1, -0.05) is 6.92 Å². The van der Waals surface area contributed by atoms with E-state index in [0.29, 0.717) is 26.2 Å². The van der Waals surface area contributed by atoms with Gasteiger partial charge in [0, 0.05) is 37.9 Å². The van der Waals surface area contributed by atoms with Crippen LogP contribution in [-0.4, -0.2) is 59.1 Å². The molecule has 1 aliphatic rings. The third-order valence-corrected chi connectivity index (χ3v) is 4.56. The number of carbonyl (C=O) groups is 2. The van der Waals surface area contributed by atoms with Crippen molar-refractivity contribution < 1.29 is 14.3 Å². The molecule has 0 radical (unpaired) electrons. The van der Waals surface area contributed by atoms with Crippen molar-refractivity contribution in [2.45, 2.75) is 53.1 Å². The van der Waals surface area contributed by atoms with Gasteiger partial charge in [-0.25, -0.2) is 9.59 Å². The summed E-state index contributed by atoms with van der Waals surface area (Å²) in [5.41, 5.74) is 2.14. The monoisotopic (exact) mass is 365 g/mol. The molecule has 8 heteroatoms. The first kappa shape index (κ1) is 20.1. The number of urea groups is 1.